The van der Waals surface area contributed by atoms with E-state index < -0.39 is 24.0 Å². The van der Waals surface area contributed by atoms with Gasteiger partial charge >= 0.3 is 5.97 Å². The second-order valence-electron chi connectivity index (χ2n) is 6.61. The molecule has 2 fully saturated rings. The van der Waals surface area contributed by atoms with Gasteiger partial charge in [-0.3, -0.25) is 4.79 Å². The van der Waals surface area contributed by atoms with Gasteiger partial charge in [0.1, 0.15) is 23.9 Å². The molecule has 1 aromatic heterocycles. The maximum Gasteiger partial charge on any atom is 0.326 e. The van der Waals surface area contributed by atoms with Crippen LogP contribution in [0, 0.1) is 5.92 Å². The zero-order valence-corrected chi connectivity index (χ0v) is 14.7. The van der Waals surface area contributed by atoms with Crippen molar-refractivity contribution in [3.8, 4) is 0 Å². The third kappa shape index (κ3) is 5.23. The minimum Gasteiger partial charge on any atom is -0.480 e. The molecule has 1 saturated heterocycles. The van der Waals surface area contributed by atoms with E-state index in [0.717, 1.165) is 12.8 Å². The Kier molecular flexibility index (Phi) is 6.17. The molecule has 1 aliphatic heterocycles. The SMILES string of the molecule is CC(OCc1cn(C[C@@H]2COCCO2)nn1)C(=O)N[C@H](C(=O)O)C1CC1. The standard InChI is InChI=1S/C16H24N4O6/c1-10(15(21)17-14(16(22)23)11-2-3-11)26-8-12-6-20(19-18-12)7-13-9-24-4-5-25-13/h6,10-11,13-14H,2-5,7-9H2,1H3,(H,17,21)(H,22,23)/t10?,13-,14+/m1/s1. The van der Waals surface area contributed by atoms with Crippen molar-refractivity contribution in [2.45, 2.75) is 51.2 Å². The smallest absolute Gasteiger partial charge is 0.326 e. The van der Waals surface area contributed by atoms with Crippen molar-refractivity contribution in [2.24, 2.45) is 5.92 Å². The summed E-state index contributed by atoms with van der Waals surface area (Å²) in [6.45, 7) is 3.92. The number of carboxylic acids is 1. The lowest BCUT2D eigenvalue weighted by Crippen LogP contribution is -2.46. The normalized spacial score (nSPS) is 22.6. The van der Waals surface area contributed by atoms with Crippen LogP contribution in [0.25, 0.3) is 0 Å². The Morgan fingerprint density at radius 2 is 2.27 bits per heavy atom. The Morgan fingerprint density at radius 1 is 1.46 bits per heavy atom. The number of hydrogen-bond donors (Lipinski definition) is 2. The van der Waals surface area contributed by atoms with Gasteiger partial charge in [-0.05, 0) is 25.7 Å². The van der Waals surface area contributed by atoms with Gasteiger partial charge in [0, 0.05) is 0 Å². The van der Waals surface area contributed by atoms with Crippen LogP contribution >= 0.6 is 0 Å². The fourth-order valence-corrected chi connectivity index (χ4v) is 2.71. The molecular formula is C16H24N4O6. The van der Waals surface area contributed by atoms with Crippen LogP contribution in [-0.4, -0.2) is 70.0 Å². The number of aliphatic carboxylic acids is 1. The van der Waals surface area contributed by atoms with Crippen molar-refractivity contribution < 1.29 is 28.9 Å². The van der Waals surface area contributed by atoms with Crippen LogP contribution in [0.1, 0.15) is 25.5 Å². The lowest BCUT2D eigenvalue weighted by Gasteiger charge is -2.22. The first-order valence-electron chi connectivity index (χ1n) is 8.76. The van der Waals surface area contributed by atoms with E-state index in [1.807, 2.05) is 0 Å². The van der Waals surface area contributed by atoms with Gasteiger partial charge in [0.15, 0.2) is 0 Å². The van der Waals surface area contributed by atoms with Crippen LogP contribution in [-0.2, 0) is 37.0 Å². The number of carbonyl (C=O) groups excluding carboxylic acids is 1. The molecule has 144 valence electrons. The van der Waals surface area contributed by atoms with Crippen molar-refractivity contribution >= 4 is 11.9 Å². The van der Waals surface area contributed by atoms with Gasteiger partial charge < -0.3 is 24.6 Å². The molecule has 3 rings (SSSR count). The summed E-state index contributed by atoms with van der Waals surface area (Å²) in [6.07, 6.45) is 2.54. The first-order valence-corrected chi connectivity index (χ1v) is 8.76. The maximum absolute atomic E-state index is 12.1. The van der Waals surface area contributed by atoms with E-state index in [1.165, 1.54) is 0 Å². The lowest BCUT2D eigenvalue weighted by atomic mass is 10.2. The van der Waals surface area contributed by atoms with E-state index in [-0.39, 0.29) is 18.6 Å². The molecule has 10 nitrogen and oxygen atoms in total. The molecule has 0 aromatic carbocycles. The van der Waals surface area contributed by atoms with Gasteiger partial charge in [0.2, 0.25) is 5.91 Å². The predicted molar refractivity (Wildman–Crippen MR) is 87.1 cm³/mol. The summed E-state index contributed by atoms with van der Waals surface area (Å²) in [4.78, 5) is 23.3. The van der Waals surface area contributed by atoms with E-state index >= 15 is 0 Å². The number of nitrogens with one attached hydrogen (secondary N) is 1. The molecule has 1 aliphatic carbocycles. The molecule has 0 radical (unpaired) electrons. The Bertz CT molecular complexity index is 626. The first-order chi connectivity index (χ1) is 12.5. The van der Waals surface area contributed by atoms with Crippen LogP contribution in [0.2, 0.25) is 0 Å². The molecule has 0 spiro atoms. The van der Waals surface area contributed by atoms with Gasteiger partial charge in [-0.15, -0.1) is 5.10 Å². The molecule has 1 saturated carbocycles. The fourth-order valence-electron chi connectivity index (χ4n) is 2.71. The van der Waals surface area contributed by atoms with Crippen molar-refractivity contribution in [2.75, 3.05) is 19.8 Å². The summed E-state index contributed by atoms with van der Waals surface area (Å²) in [5, 5.41) is 19.7. The van der Waals surface area contributed by atoms with E-state index in [0.29, 0.717) is 32.1 Å². The zero-order chi connectivity index (χ0) is 18.5. The second-order valence-corrected chi connectivity index (χ2v) is 6.61. The quantitative estimate of drug-likeness (QED) is 0.602. The van der Waals surface area contributed by atoms with E-state index in [4.69, 9.17) is 19.3 Å². The Labute approximate surface area is 150 Å². The van der Waals surface area contributed by atoms with E-state index in [9.17, 15) is 9.59 Å². The molecule has 10 heteroatoms. The fraction of sp³-hybridized carbons (Fsp3) is 0.750. The molecule has 1 amide bonds. The number of amides is 1. The highest BCUT2D eigenvalue weighted by Gasteiger charge is 2.38. The summed E-state index contributed by atoms with van der Waals surface area (Å²) in [5.41, 5.74) is 0.582. The summed E-state index contributed by atoms with van der Waals surface area (Å²) in [6, 6.07) is -0.841. The van der Waals surface area contributed by atoms with Crippen LogP contribution in [0.15, 0.2) is 6.20 Å². The van der Waals surface area contributed by atoms with E-state index in [1.54, 1.807) is 17.8 Å². The largest absolute Gasteiger partial charge is 0.480 e. The third-order valence-corrected chi connectivity index (χ3v) is 4.37. The number of nitrogens with zero attached hydrogens (tertiary/aromatic N) is 3. The van der Waals surface area contributed by atoms with Crippen LogP contribution in [0.5, 0.6) is 0 Å². The van der Waals surface area contributed by atoms with E-state index in [2.05, 4.69) is 15.6 Å². The van der Waals surface area contributed by atoms with Crippen LogP contribution in [0.3, 0.4) is 0 Å². The molecule has 2 N–H and O–H groups in total. The van der Waals surface area contributed by atoms with Gasteiger partial charge in [-0.2, -0.15) is 0 Å². The van der Waals surface area contributed by atoms with Crippen molar-refractivity contribution in [1.29, 1.82) is 0 Å². The lowest BCUT2D eigenvalue weighted by molar-refractivity contribution is -0.145. The number of rotatable bonds is 9. The van der Waals surface area contributed by atoms with Crippen LogP contribution < -0.4 is 5.32 Å². The molecular weight excluding hydrogens is 344 g/mol. The summed E-state index contributed by atoms with van der Waals surface area (Å²) >= 11 is 0. The minimum absolute atomic E-state index is 0.0227. The van der Waals surface area contributed by atoms with Crippen molar-refractivity contribution in [3.05, 3.63) is 11.9 Å². The molecule has 2 aliphatic rings. The third-order valence-electron chi connectivity index (χ3n) is 4.37. The van der Waals surface area contributed by atoms with Gasteiger partial charge in [-0.1, -0.05) is 5.21 Å². The number of carbonyl (C=O) groups is 2. The number of aromatic nitrogens is 3. The summed E-state index contributed by atoms with van der Waals surface area (Å²) < 4.78 is 18.0. The number of carboxylic acid groups (broad SMARTS) is 1. The molecule has 26 heavy (non-hydrogen) atoms. The molecule has 1 aromatic rings. The Balaban J connectivity index is 1.42. The summed E-state index contributed by atoms with van der Waals surface area (Å²) in [5.74, 6) is -1.43. The molecule has 1 unspecified atom stereocenters. The van der Waals surface area contributed by atoms with Gasteiger partial charge in [-0.25, -0.2) is 9.48 Å². The predicted octanol–water partition coefficient (Wildman–Crippen LogP) is -0.422. The highest BCUT2D eigenvalue weighted by atomic mass is 16.6. The monoisotopic (exact) mass is 368 g/mol. The topological polar surface area (TPSA) is 125 Å². The number of hydrogen-bond acceptors (Lipinski definition) is 7. The van der Waals surface area contributed by atoms with Gasteiger partial charge in [0.25, 0.3) is 0 Å². The molecule has 2 heterocycles. The van der Waals surface area contributed by atoms with Crippen molar-refractivity contribution in [3.63, 3.8) is 0 Å². The highest BCUT2D eigenvalue weighted by Crippen LogP contribution is 2.32. The zero-order valence-electron chi connectivity index (χ0n) is 14.7. The maximum atomic E-state index is 12.1. The molecule has 3 atom stereocenters. The van der Waals surface area contributed by atoms with Gasteiger partial charge in [0.05, 0.1) is 39.2 Å². The Hall–Kier alpha value is -2.04. The summed E-state index contributed by atoms with van der Waals surface area (Å²) in [7, 11) is 0. The Morgan fingerprint density at radius 3 is 2.92 bits per heavy atom. The minimum atomic E-state index is -1.01. The molecule has 0 bridgehead atoms. The second kappa shape index (κ2) is 8.56. The average Bonchev–Trinajstić information content (AvgIpc) is 3.37. The average molecular weight is 368 g/mol. The van der Waals surface area contributed by atoms with Crippen LogP contribution in [0.4, 0.5) is 0 Å². The number of ether oxygens (including phenoxy) is 3. The van der Waals surface area contributed by atoms with Crippen molar-refractivity contribution in [1.82, 2.24) is 20.3 Å². The first kappa shape index (κ1) is 18.7. The highest BCUT2D eigenvalue weighted by molar-refractivity contribution is 5.86.